The first-order valence-corrected chi connectivity index (χ1v) is 7.26. The van der Waals surface area contributed by atoms with E-state index in [0.29, 0.717) is 12.2 Å². The van der Waals surface area contributed by atoms with Crippen molar-refractivity contribution in [3.8, 4) is 0 Å². The zero-order valence-corrected chi connectivity index (χ0v) is 12.1. The SMILES string of the molecule is CC(C)n1ccc(C(=O)NCc2cn3ccsc3n2)n1. The smallest absolute Gasteiger partial charge is 0.272 e. The van der Waals surface area contributed by atoms with Crippen LogP contribution in [0.1, 0.15) is 36.1 Å². The van der Waals surface area contributed by atoms with Crippen LogP contribution in [0.15, 0.2) is 30.0 Å². The number of carbonyl (C=O) groups excluding carboxylic acids is 1. The Kier molecular flexibility index (Phi) is 3.27. The lowest BCUT2D eigenvalue weighted by atomic mass is 10.4. The fraction of sp³-hybridized carbons (Fsp3) is 0.308. The van der Waals surface area contributed by atoms with Crippen LogP contribution in [0.5, 0.6) is 0 Å². The Labute approximate surface area is 120 Å². The number of amides is 1. The molecule has 6 nitrogen and oxygen atoms in total. The Morgan fingerprint density at radius 1 is 1.45 bits per heavy atom. The normalized spacial score (nSPS) is 11.3. The molecule has 0 bridgehead atoms. The first-order valence-electron chi connectivity index (χ1n) is 6.38. The van der Waals surface area contributed by atoms with E-state index in [4.69, 9.17) is 0 Å². The number of nitrogens with zero attached hydrogens (tertiary/aromatic N) is 4. The summed E-state index contributed by atoms with van der Waals surface area (Å²) in [7, 11) is 0. The molecule has 0 radical (unpaired) electrons. The average Bonchev–Trinajstić information content (AvgIpc) is 3.10. The lowest BCUT2D eigenvalue weighted by Crippen LogP contribution is -2.23. The molecule has 0 saturated carbocycles. The van der Waals surface area contributed by atoms with Crippen LogP contribution in [-0.2, 0) is 6.54 Å². The molecule has 0 spiro atoms. The molecule has 3 rings (SSSR count). The van der Waals surface area contributed by atoms with Gasteiger partial charge in [0, 0.05) is 30.0 Å². The first kappa shape index (κ1) is 12.9. The maximum absolute atomic E-state index is 12.0. The van der Waals surface area contributed by atoms with Gasteiger partial charge >= 0.3 is 0 Å². The third-order valence-electron chi connectivity index (χ3n) is 2.94. The molecule has 1 amide bonds. The van der Waals surface area contributed by atoms with Crippen LogP contribution in [0.4, 0.5) is 0 Å². The van der Waals surface area contributed by atoms with E-state index in [1.165, 1.54) is 0 Å². The van der Waals surface area contributed by atoms with Gasteiger partial charge in [0.15, 0.2) is 4.96 Å². The summed E-state index contributed by atoms with van der Waals surface area (Å²) < 4.78 is 3.71. The number of nitrogens with one attached hydrogen (secondary N) is 1. The summed E-state index contributed by atoms with van der Waals surface area (Å²) in [6, 6.07) is 1.97. The van der Waals surface area contributed by atoms with E-state index in [0.717, 1.165) is 10.7 Å². The van der Waals surface area contributed by atoms with Gasteiger partial charge in [-0.1, -0.05) is 0 Å². The molecule has 0 aromatic carbocycles. The van der Waals surface area contributed by atoms with Gasteiger partial charge in [-0.05, 0) is 19.9 Å². The quantitative estimate of drug-likeness (QED) is 0.800. The minimum absolute atomic E-state index is 0.180. The van der Waals surface area contributed by atoms with Crippen LogP contribution in [0.2, 0.25) is 0 Å². The molecule has 0 aliphatic carbocycles. The van der Waals surface area contributed by atoms with Crippen molar-refractivity contribution in [3.05, 3.63) is 41.4 Å². The summed E-state index contributed by atoms with van der Waals surface area (Å²) in [6.45, 7) is 4.45. The van der Waals surface area contributed by atoms with Crippen LogP contribution in [0.3, 0.4) is 0 Å². The fourth-order valence-corrected chi connectivity index (χ4v) is 2.59. The molecule has 3 aromatic heterocycles. The van der Waals surface area contributed by atoms with Crippen LogP contribution in [0.25, 0.3) is 4.96 Å². The second-order valence-electron chi connectivity index (χ2n) is 4.78. The number of hydrogen-bond acceptors (Lipinski definition) is 4. The van der Waals surface area contributed by atoms with Gasteiger partial charge in [-0.15, -0.1) is 11.3 Å². The highest BCUT2D eigenvalue weighted by atomic mass is 32.1. The van der Waals surface area contributed by atoms with Gasteiger partial charge in [-0.3, -0.25) is 13.9 Å². The Bertz CT molecular complexity index is 710. The molecule has 104 valence electrons. The maximum Gasteiger partial charge on any atom is 0.272 e. The zero-order valence-electron chi connectivity index (χ0n) is 11.3. The number of fused-ring (bicyclic) bond motifs is 1. The number of hydrogen-bond donors (Lipinski definition) is 1. The third-order valence-corrected chi connectivity index (χ3v) is 3.71. The topological polar surface area (TPSA) is 64.2 Å². The van der Waals surface area contributed by atoms with Crippen molar-refractivity contribution >= 4 is 22.2 Å². The standard InChI is InChI=1S/C13H15N5OS/c1-9(2)18-4-3-11(16-18)12(19)14-7-10-8-17-5-6-20-13(17)15-10/h3-6,8-9H,7H2,1-2H3,(H,14,19). The van der Waals surface area contributed by atoms with Crippen LogP contribution < -0.4 is 5.32 Å². The molecule has 0 unspecified atom stereocenters. The van der Waals surface area contributed by atoms with Gasteiger partial charge in [-0.25, -0.2) is 4.98 Å². The molecule has 0 aliphatic heterocycles. The number of imidazole rings is 1. The van der Waals surface area contributed by atoms with Crippen molar-refractivity contribution in [1.29, 1.82) is 0 Å². The lowest BCUT2D eigenvalue weighted by molar-refractivity contribution is 0.0944. The van der Waals surface area contributed by atoms with Gasteiger partial charge in [0.05, 0.1) is 12.2 Å². The van der Waals surface area contributed by atoms with E-state index in [1.54, 1.807) is 22.1 Å². The number of rotatable bonds is 4. The zero-order chi connectivity index (χ0) is 14.1. The highest BCUT2D eigenvalue weighted by Gasteiger charge is 2.11. The maximum atomic E-state index is 12.0. The second kappa shape index (κ2) is 5.09. The summed E-state index contributed by atoms with van der Waals surface area (Å²) in [4.78, 5) is 17.3. The molecule has 0 saturated heterocycles. The van der Waals surface area contributed by atoms with Crippen LogP contribution >= 0.6 is 11.3 Å². The minimum Gasteiger partial charge on any atom is -0.345 e. The largest absolute Gasteiger partial charge is 0.345 e. The number of thiazole rings is 1. The molecular formula is C13H15N5OS. The number of aromatic nitrogens is 4. The van der Waals surface area contributed by atoms with Crippen molar-refractivity contribution in [2.45, 2.75) is 26.4 Å². The molecule has 0 fully saturated rings. The van der Waals surface area contributed by atoms with Gasteiger partial charge in [0.1, 0.15) is 5.69 Å². The van der Waals surface area contributed by atoms with E-state index in [2.05, 4.69) is 15.4 Å². The fourth-order valence-electron chi connectivity index (χ4n) is 1.87. The van der Waals surface area contributed by atoms with E-state index >= 15 is 0 Å². The molecule has 3 aromatic rings. The second-order valence-corrected chi connectivity index (χ2v) is 5.66. The predicted molar refractivity (Wildman–Crippen MR) is 76.9 cm³/mol. The van der Waals surface area contributed by atoms with E-state index in [9.17, 15) is 4.79 Å². The third kappa shape index (κ3) is 2.44. The highest BCUT2D eigenvalue weighted by Crippen LogP contribution is 2.11. The summed E-state index contributed by atoms with van der Waals surface area (Å²) in [6.07, 6.45) is 5.67. The molecule has 7 heteroatoms. The van der Waals surface area contributed by atoms with Gasteiger partial charge in [-0.2, -0.15) is 5.10 Å². The Hall–Kier alpha value is -2.15. The molecule has 0 aliphatic rings. The summed E-state index contributed by atoms with van der Waals surface area (Å²) >= 11 is 1.57. The van der Waals surface area contributed by atoms with Crippen molar-refractivity contribution in [2.75, 3.05) is 0 Å². The van der Waals surface area contributed by atoms with Crippen LogP contribution in [0, 0.1) is 0 Å². The van der Waals surface area contributed by atoms with Crippen LogP contribution in [-0.4, -0.2) is 25.1 Å². The van der Waals surface area contributed by atoms with Gasteiger partial charge in [0.2, 0.25) is 0 Å². The average molecular weight is 289 g/mol. The molecule has 0 atom stereocenters. The first-order chi connectivity index (χ1) is 9.63. The van der Waals surface area contributed by atoms with E-state index in [1.807, 2.05) is 42.2 Å². The van der Waals surface area contributed by atoms with Crippen molar-refractivity contribution in [1.82, 2.24) is 24.5 Å². The summed E-state index contributed by atoms with van der Waals surface area (Å²) in [5, 5.41) is 9.04. The molecule has 1 N–H and O–H groups in total. The lowest BCUT2D eigenvalue weighted by Gasteiger charge is -2.04. The van der Waals surface area contributed by atoms with Gasteiger partial charge in [0.25, 0.3) is 5.91 Å². The molecule has 3 heterocycles. The van der Waals surface area contributed by atoms with Crippen molar-refractivity contribution in [3.63, 3.8) is 0 Å². The number of carbonyl (C=O) groups is 1. The summed E-state index contributed by atoms with van der Waals surface area (Å²) in [5.41, 5.74) is 1.27. The highest BCUT2D eigenvalue weighted by molar-refractivity contribution is 7.15. The van der Waals surface area contributed by atoms with Gasteiger partial charge < -0.3 is 5.32 Å². The van der Waals surface area contributed by atoms with E-state index in [-0.39, 0.29) is 11.9 Å². The minimum atomic E-state index is -0.180. The monoisotopic (exact) mass is 289 g/mol. The van der Waals surface area contributed by atoms with E-state index < -0.39 is 0 Å². The van der Waals surface area contributed by atoms with Crippen molar-refractivity contribution in [2.24, 2.45) is 0 Å². The summed E-state index contributed by atoms with van der Waals surface area (Å²) in [5.74, 6) is -0.180. The Morgan fingerprint density at radius 3 is 3.00 bits per heavy atom. The molecule has 20 heavy (non-hydrogen) atoms. The Morgan fingerprint density at radius 2 is 2.30 bits per heavy atom. The van der Waals surface area contributed by atoms with Crippen molar-refractivity contribution < 1.29 is 4.79 Å². The Balaban J connectivity index is 1.65. The molecular weight excluding hydrogens is 274 g/mol. The predicted octanol–water partition coefficient (Wildman–Crippen LogP) is 2.10.